The summed E-state index contributed by atoms with van der Waals surface area (Å²) < 4.78 is 6.34. The van der Waals surface area contributed by atoms with Crippen molar-refractivity contribution >= 4 is 65.0 Å². The van der Waals surface area contributed by atoms with Gasteiger partial charge in [0, 0.05) is 10.8 Å². The van der Waals surface area contributed by atoms with E-state index in [1.807, 2.05) is 0 Å². The summed E-state index contributed by atoms with van der Waals surface area (Å²) in [6, 6.07) is 70.7. The van der Waals surface area contributed by atoms with Crippen LogP contribution in [0.15, 0.2) is 199 Å². The van der Waals surface area contributed by atoms with Gasteiger partial charge in [-0.15, -0.1) is 0 Å². The lowest BCUT2D eigenvalue weighted by Gasteiger charge is -2.18. The number of furan rings is 1. The Morgan fingerprint density at radius 3 is 1.26 bits per heavy atom. The fraction of sp³-hybridized carbons (Fsp3) is 0. The van der Waals surface area contributed by atoms with Crippen LogP contribution in [-0.2, 0) is 0 Å². The van der Waals surface area contributed by atoms with Gasteiger partial charge in [0.2, 0.25) is 0 Å². The van der Waals surface area contributed by atoms with Crippen molar-refractivity contribution in [2.45, 2.75) is 0 Å². The maximum Gasteiger partial charge on any atom is 0.136 e. The van der Waals surface area contributed by atoms with E-state index in [2.05, 4.69) is 194 Å². The molecule has 11 rings (SSSR count). The first-order chi connectivity index (χ1) is 26.2. The topological polar surface area (TPSA) is 13.1 Å². The van der Waals surface area contributed by atoms with Crippen molar-refractivity contribution in [3.8, 4) is 44.5 Å². The molecule has 0 aliphatic carbocycles. The van der Waals surface area contributed by atoms with Crippen LogP contribution in [0.1, 0.15) is 0 Å². The molecule has 0 unspecified atom stereocenters. The first-order valence-corrected chi connectivity index (χ1v) is 18.2. The van der Waals surface area contributed by atoms with Gasteiger partial charge in [0.25, 0.3) is 0 Å². The van der Waals surface area contributed by atoms with Crippen molar-refractivity contribution in [3.63, 3.8) is 0 Å². The van der Waals surface area contributed by atoms with Crippen LogP contribution < -0.4 is 0 Å². The van der Waals surface area contributed by atoms with E-state index in [0.717, 1.165) is 21.9 Å². The predicted molar refractivity (Wildman–Crippen MR) is 225 cm³/mol. The van der Waals surface area contributed by atoms with E-state index in [4.69, 9.17) is 4.42 Å². The molecule has 0 amide bonds. The highest BCUT2D eigenvalue weighted by atomic mass is 16.3. The zero-order valence-corrected chi connectivity index (χ0v) is 28.9. The molecule has 0 N–H and O–H groups in total. The summed E-state index contributed by atoms with van der Waals surface area (Å²) in [6.07, 6.45) is 0. The van der Waals surface area contributed by atoms with Gasteiger partial charge in [0.05, 0.1) is 0 Å². The Kier molecular flexibility index (Phi) is 6.62. The normalized spacial score (nSPS) is 11.8. The van der Waals surface area contributed by atoms with Crippen LogP contribution in [0.3, 0.4) is 0 Å². The van der Waals surface area contributed by atoms with Gasteiger partial charge in [-0.05, 0) is 130 Å². The zero-order valence-electron chi connectivity index (χ0n) is 28.9. The second-order valence-corrected chi connectivity index (χ2v) is 14.1. The summed E-state index contributed by atoms with van der Waals surface area (Å²) >= 11 is 0. The van der Waals surface area contributed by atoms with Crippen molar-refractivity contribution < 1.29 is 4.42 Å². The minimum Gasteiger partial charge on any atom is -0.456 e. The molecule has 0 saturated carbocycles. The van der Waals surface area contributed by atoms with Gasteiger partial charge < -0.3 is 4.42 Å². The summed E-state index contributed by atoms with van der Waals surface area (Å²) in [4.78, 5) is 0. The lowest BCUT2D eigenvalue weighted by atomic mass is 9.85. The van der Waals surface area contributed by atoms with E-state index in [1.54, 1.807) is 0 Å². The van der Waals surface area contributed by atoms with E-state index >= 15 is 0 Å². The molecule has 0 atom stereocenters. The molecule has 0 fully saturated rings. The lowest BCUT2D eigenvalue weighted by molar-refractivity contribution is 0.669. The Balaban J connectivity index is 1.07. The Labute approximate surface area is 307 Å². The molecule has 0 saturated heterocycles. The Morgan fingerprint density at radius 1 is 0.226 bits per heavy atom. The molecule has 1 nitrogen and oxygen atoms in total. The van der Waals surface area contributed by atoms with Gasteiger partial charge in [-0.2, -0.15) is 0 Å². The smallest absolute Gasteiger partial charge is 0.136 e. The molecule has 11 aromatic rings. The van der Waals surface area contributed by atoms with Gasteiger partial charge in [-0.25, -0.2) is 0 Å². The number of hydrogen-bond donors (Lipinski definition) is 0. The van der Waals surface area contributed by atoms with Crippen LogP contribution in [0.2, 0.25) is 0 Å². The molecular weight excluding hydrogens is 641 g/mol. The van der Waals surface area contributed by atoms with Crippen molar-refractivity contribution in [2.24, 2.45) is 0 Å². The van der Waals surface area contributed by atoms with Crippen molar-refractivity contribution in [3.05, 3.63) is 194 Å². The molecule has 1 heteroatoms. The van der Waals surface area contributed by atoms with Crippen LogP contribution in [0.5, 0.6) is 0 Å². The van der Waals surface area contributed by atoms with Crippen molar-refractivity contribution in [1.82, 2.24) is 0 Å². The van der Waals surface area contributed by atoms with Gasteiger partial charge in [0.15, 0.2) is 0 Å². The van der Waals surface area contributed by atoms with Gasteiger partial charge in [-0.3, -0.25) is 0 Å². The van der Waals surface area contributed by atoms with Gasteiger partial charge in [0.1, 0.15) is 11.2 Å². The lowest BCUT2D eigenvalue weighted by Crippen LogP contribution is -1.91. The summed E-state index contributed by atoms with van der Waals surface area (Å²) in [5, 5.41) is 12.2. The second-order valence-electron chi connectivity index (χ2n) is 14.1. The minimum atomic E-state index is 0.910. The SMILES string of the molecule is c1cc(-c2ccc3ccccc3c2)cc(-c2c3ccccc3c(-c3cccc(-c4ccc5oc6cc7ccccc7cc6c5c4)c3)c3ccccc23)c1. The Bertz CT molecular complexity index is 3180. The third-order valence-corrected chi connectivity index (χ3v) is 11.0. The standard InChI is InChI=1S/C52H32O/c1-2-12-34-27-39(24-23-33(34)11-1)35-15-9-17-41(28-35)51-43-19-5-7-21-45(43)52(46-22-8-6-20-44(46)51)42-18-10-16-36(29-42)40-25-26-49-47(31-40)48-30-37-13-3-4-14-38(37)32-50(48)53-49/h1-32H. The maximum absolute atomic E-state index is 6.34. The Hall–Kier alpha value is -6.96. The highest BCUT2D eigenvalue weighted by Crippen LogP contribution is 2.45. The fourth-order valence-electron chi connectivity index (χ4n) is 8.47. The monoisotopic (exact) mass is 672 g/mol. The fourth-order valence-corrected chi connectivity index (χ4v) is 8.47. The average Bonchev–Trinajstić information content (AvgIpc) is 3.58. The minimum absolute atomic E-state index is 0.910. The molecule has 0 bridgehead atoms. The van der Waals surface area contributed by atoms with Crippen LogP contribution >= 0.6 is 0 Å². The van der Waals surface area contributed by atoms with E-state index in [9.17, 15) is 0 Å². The average molecular weight is 673 g/mol. The molecule has 246 valence electrons. The number of benzene rings is 10. The van der Waals surface area contributed by atoms with Crippen molar-refractivity contribution in [1.29, 1.82) is 0 Å². The third-order valence-electron chi connectivity index (χ3n) is 11.0. The first kappa shape index (κ1) is 29.7. The van der Waals surface area contributed by atoms with Crippen molar-refractivity contribution in [2.75, 3.05) is 0 Å². The van der Waals surface area contributed by atoms with Crippen LogP contribution in [0, 0.1) is 0 Å². The first-order valence-electron chi connectivity index (χ1n) is 18.2. The second kappa shape index (κ2) is 11.8. The van der Waals surface area contributed by atoms with Gasteiger partial charge in [-0.1, -0.05) is 152 Å². The number of fused-ring (bicyclic) bond motifs is 7. The molecule has 10 aromatic carbocycles. The highest BCUT2D eigenvalue weighted by Gasteiger charge is 2.18. The van der Waals surface area contributed by atoms with Crippen LogP contribution in [0.4, 0.5) is 0 Å². The molecular formula is C52H32O. The van der Waals surface area contributed by atoms with E-state index in [0.29, 0.717) is 0 Å². The summed E-state index contributed by atoms with van der Waals surface area (Å²) in [7, 11) is 0. The predicted octanol–water partition coefficient (Wildman–Crippen LogP) is 14.9. The highest BCUT2D eigenvalue weighted by molar-refractivity contribution is 6.21. The third kappa shape index (κ3) is 4.86. The molecule has 0 spiro atoms. The summed E-state index contributed by atoms with van der Waals surface area (Å²) in [6.45, 7) is 0. The number of rotatable bonds is 4. The zero-order chi connectivity index (χ0) is 34.9. The molecule has 1 heterocycles. The number of hydrogen-bond acceptors (Lipinski definition) is 1. The molecule has 0 aliphatic heterocycles. The van der Waals surface area contributed by atoms with Crippen LogP contribution in [0.25, 0.3) is 110 Å². The molecule has 1 aromatic heterocycles. The summed E-state index contributed by atoms with van der Waals surface area (Å²) in [5.74, 6) is 0. The Morgan fingerprint density at radius 2 is 0.660 bits per heavy atom. The van der Waals surface area contributed by atoms with Crippen LogP contribution in [-0.4, -0.2) is 0 Å². The van der Waals surface area contributed by atoms with E-state index in [-0.39, 0.29) is 0 Å². The van der Waals surface area contributed by atoms with E-state index < -0.39 is 0 Å². The molecule has 0 radical (unpaired) electrons. The largest absolute Gasteiger partial charge is 0.456 e. The summed E-state index contributed by atoms with van der Waals surface area (Å²) in [5.41, 5.74) is 11.6. The van der Waals surface area contributed by atoms with E-state index in [1.165, 1.54) is 87.6 Å². The quantitative estimate of drug-likeness (QED) is 0.170. The van der Waals surface area contributed by atoms with Gasteiger partial charge >= 0.3 is 0 Å². The molecule has 53 heavy (non-hydrogen) atoms. The molecule has 0 aliphatic rings. The maximum atomic E-state index is 6.34.